The number of aliphatic hydroxyl groups is 1. The lowest BCUT2D eigenvalue weighted by molar-refractivity contribution is -0.153. The van der Waals surface area contributed by atoms with Gasteiger partial charge in [0.1, 0.15) is 6.10 Å². The molecule has 7 nitrogen and oxygen atoms in total. The molecule has 1 aromatic heterocycles. The highest BCUT2D eigenvalue weighted by Gasteiger charge is 2.49. The second kappa shape index (κ2) is 7.45. The molecule has 0 spiro atoms. The van der Waals surface area contributed by atoms with Gasteiger partial charge in [0.15, 0.2) is 6.29 Å². The van der Waals surface area contributed by atoms with Gasteiger partial charge in [0.2, 0.25) is 0 Å². The van der Waals surface area contributed by atoms with Crippen LogP contribution >= 0.6 is 0 Å². The summed E-state index contributed by atoms with van der Waals surface area (Å²) in [6.45, 7) is 2.28. The van der Waals surface area contributed by atoms with Crippen molar-refractivity contribution in [2.75, 3.05) is 26.9 Å². The molecule has 122 valence electrons. The van der Waals surface area contributed by atoms with Crippen molar-refractivity contribution in [1.29, 1.82) is 0 Å². The summed E-state index contributed by atoms with van der Waals surface area (Å²) in [6, 6.07) is 5.32. The second-order valence-electron chi connectivity index (χ2n) is 5.57. The summed E-state index contributed by atoms with van der Waals surface area (Å²) in [5.74, 6) is 0. The lowest BCUT2D eigenvalue weighted by atomic mass is 9.96. The van der Waals surface area contributed by atoms with Crippen LogP contribution in [0.4, 0.5) is 0 Å². The third-order valence-electron chi connectivity index (χ3n) is 4.09. The Labute approximate surface area is 130 Å². The Morgan fingerprint density at radius 1 is 1.36 bits per heavy atom. The van der Waals surface area contributed by atoms with Crippen LogP contribution in [0, 0.1) is 0 Å². The van der Waals surface area contributed by atoms with Gasteiger partial charge in [-0.2, -0.15) is 0 Å². The fraction of sp³-hybridized carbons (Fsp3) is 0.667. The van der Waals surface area contributed by atoms with E-state index < -0.39 is 12.4 Å². The van der Waals surface area contributed by atoms with E-state index >= 15 is 0 Å². The summed E-state index contributed by atoms with van der Waals surface area (Å²) in [5, 5.41) is 17.2. The maximum absolute atomic E-state index is 10.6. The highest BCUT2D eigenvalue weighted by atomic mass is 16.7. The van der Waals surface area contributed by atoms with Gasteiger partial charge in [-0.3, -0.25) is 4.98 Å². The van der Waals surface area contributed by atoms with Crippen LogP contribution in [0.2, 0.25) is 0 Å². The van der Waals surface area contributed by atoms with Crippen molar-refractivity contribution in [2.24, 2.45) is 0 Å². The molecular weight excluding hydrogens is 286 g/mol. The summed E-state index contributed by atoms with van der Waals surface area (Å²) >= 11 is 0. The molecule has 3 heterocycles. The monoisotopic (exact) mass is 309 g/mol. The van der Waals surface area contributed by atoms with E-state index in [1.807, 2.05) is 18.2 Å². The number of nitrogens with one attached hydrogen (secondary N) is 2. The number of aromatic nitrogens is 1. The van der Waals surface area contributed by atoms with Crippen molar-refractivity contribution in [2.45, 2.75) is 37.1 Å². The number of ether oxygens (including phenoxy) is 3. The summed E-state index contributed by atoms with van der Waals surface area (Å²) in [4.78, 5) is 4.28. The van der Waals surface area contributed by atoms with Crippen LogP contribution < -0.4 is 10.6 Å². The van der Waals surface area contributed by atoms with Gasteiger partial charge < -0.3 is 30.0 Å². The fourth-order valence-corrected chi connectivity index (χ4v) is 2.94. The minimum atomic E-state index is -0.591. The first kappa shape index (κ1) is 15.8. The fourth-order valence-electron chi connectivity index (χ4n) is 2.94. The van der Waals surface area contributed by atoms with Crippen molar-refractivity contribution in [3.63, 3.8) is 0 Å². The van der Waals surface area contributed by atoms with Crippen molar-refractivity contribution in [3.05, 3.63) is 30.1 Å². The molecule has 3 N–H and O–H groups in total. The molecule has 5 atom stereocenters. The summed E-state index contributed by atoms with van der Waals surface area (Å²) in [6.07, 6.45) is 0.634. The number of methoxy groups -OCH3 is 1. The number of hydrogen-bond acceptors (Lipinski definition) is 7. The zero-order chi connectivity index (χ0) is 15.4. The molecular formula is C15H23N3O4. The van der Waals surface area contributed by atoms with Crippen molar-refractivity contribution in [3.8, 4) is 0 Å². The molecule has 2 aliphatic rings. The minimum absolute atomic E-state index is 0.135. The van der Waals surface area contributed by atoms with E-state index in [9.17, 15) is 5.11 Å². The van der Waals surface area contributed by atoms with Crippen LogP contribution in [0.15, 0.2) is 24.4 Å². The molecule has 7 heteroatoms. The molecule has 0 amide bonds. The SMILES string of the molecule is COCCNC1C2OCC(O2)C(NCc2ccccn2)C1O. The van der Waals surface area contributed by atoms with E-state index in [2.05, 4.69) is 15.6 Å². The minimum Gasteiger partial charge on any atom is -0.390 e. The first-order chi connectivity index (χ1) is 10.8. The van der Waals surface area contributed by atoms with E-state index in [0.717, 1.165) is 5.69 Å². The first-order valence-electron chi connectivity index (χ1n) is 7.60. The van der Waals surface area contributed by atoms with Crippen LogP contribution in [-0.4, -0.2) is 67.5 Å². The van der Waals surface area contributed by atoms with Crippen molar-refractivity contribution < 1.29 is 19.3 Å². The van der Waals surface area contributed by atoms with E-state index in [1.54, 1.807) is 13.3 Å². The van der Waals surface area contributed by atoms with Crippen LogP contribution in [-0.2, 0) is 20.8 Å². The molecule has 0 aliphatic carbocycles. The van der Waals surface area contributed by atoms with Gasteiger partial charge in [-0.15, -0.1) is 0 Å². The first-order valence-corrected chi connectivity index (χ1v) is 7.60. The van der Waals surface area contributed by atoms with Crippen LogP contribution in [0.1, 0.15) is 5.69 Å². The van der Waals surface area contributed by atoms with Gasteiger partial charge in [0.25, 0.3) is 0 Å². The Kier molecular flexibility index (Phi) is 5.35. The van der Waals surface area contributed by atoms with E-state index in [0.29, 0.717) is 26.3 Å². The maximum Gasteiger partial charge on any atom is 0.176 e. The highest BCUT2D eigenvalue weighted by Crippen LogP contribution is 2.28. The highest BCUT2D eigenvalue weighted by molar-refractivity contribution is 5.05. The number of rotatable bonds is 7. The Morgan fingerprint density at radius 2 is 2.27 bits per heavy atom. The van der Waals surface area contributed by atoms with E-state index in [1.165, 1.54) is 0 Å². The predicted octanol–water partition coefficient (Wildman–Crippen LogP) is -0.740. The lowest BCUT2D eigenvalue weighted by Crippen LogP contribution is -2.63. The molecule has 2 aliphatic heterocycles. The third kappa shape index (κ3) is 3.45. The zero-order valence-electron chi connectivity index (χ0n) is 12.6. The van der Waals surface area contributed by atoms with Gasteiger partial charge in [-0.25, -0.2) is 0 Å². The number of nitrogens with zero attached hydrogens (tertiary/aromatic N) is 1. The van der Waals surface area contributed by atoms with Crippen LogP contribution in [0.5, 0.6) is 0 Å². The number of aliphatic hydroxyl groups excluding tert-OH is 1. The smallest absolute Gasteiger partial charge is 0.176 e. The van der Waals surface area contributed by atoms with Gasteiger partial charge in [0, 0.05) is 26.4 Å². The number of hydrogen-bond donors (Lipinski definition) is 3. The van der Waals surface area contributed by atoms with Crippen LogP contribution in [0.3, 0.4) is 0 Å². The summed E-state index contributed by atoms with van der Waals surface area (Å²) in [5.41, 5.74) is 0.930. The van der Waals surface area contributed by atoms with Gasteiger partial charge in [-0.05, 0) is 12.1 Å². The molecule has 2 saturated heterocycles. The van der Waals surface area contributed by atoms with Gasteiger partial charge in [-0.1, -0.05) is 6.07 Å². The molecule has 5 unspecified atom stereocenters. The van der Waals surface area contributed by atoms with Gasteiger partial charge in [0.05, 0.1) is 37.1 Å². The van der Waals surface area contributed by atoms with Crippen molar-refractivity contribution >= 4 is 0 Å². The number of fused-ring (bicyclic) bond motifs is 2. The van der Waals surface area contributed by atoms with E-state index in [-0.39, 0.29) is 18.2 Å². The quantitative estimate of drug-likeness (QED) is 0.572. The lowest BCUT2D eigenvalue weighted by Gasteiger charge is -2.39. The number of pyridine rings is 1. The average molecular weight is 309 g/mol. The molecule has 0 saturated carbocycles. The molecule has 0 radical (unpaired) electrons. The largest absolute Gasteiger partial charge is 0.390 e. The Hall–Kier alpha value is -1.09. The molecule has 0 aromatic carbocycles. The molecule has 2 bridgehead atoms. The molecule has 22 heavy (non-hydrogen) atoms. The predicted molar refractivity (Wildman–Crippen MR) is 79.2 cm³/mol. The molecule has 3 rings (SSSR count). The Balaban J connectivity index is 1.60. The normalized spacial score (nSPS) is 34.0. The second-order valence-corrected chi connectivity index (χ2v) is 5.57. The maximum atomic E-state index is 10.6. The average Bonchev–Trinajstić information content (AvgIpc) is 2.97. The topological polar surface area (TPSA) is 84.9 Å². The molecule has 1 aromatic rings. The van der Waals surface area contributed by atoms with E-state index in [4.69, 9.17) is 14.2 Å². The Bertz CT molecular complexity index is 461. The summed E-state index contributed by atoms with van der Waals surface area (Å²) < 4.78 is 16.5. The zero-order valence-corrected chi connectivity index (χ0v) is 12.6. The standard InChI is InChI=1S/C15H23N3O4/c1-20-7-6-17-13-14(19)12(11-9-21-15(13)22-11)18-8-10-4-2-3-5-16-10/h2-5,11-15,17-19H,6-9H2,1H3. The molecule has 2 fully saturated rings. The third-order valence-corrected chi connectivity index (χ3v) is 4.09. The Morgan fingerprint density at radius 3 is 3.05 bits per heavy atom. The summed E-state index contributed by atoms with van der Waals surface area (Å²) in [7, 11) is 1.65. The van der Waals surface area contributed by atoms with Crippen molar-refractivity contribution in [1.82, 2.24) is 15.6 Å². The van der Waals surface area contributed by atoms with Crippen LogP contribution in [0.25, 0.3) is 0 Å². The van der Waals surface area contributed by atoms with Gasteiger partial charge >= 0.3 is 0 Å².